The Morgan fingerprint density at radius 2 is 2.19 bits per heavy atom. The Morgan fingerprint density at radius 1 is 1.50 bits per heavy atom. The van der Waals surface area contributed by atoms with Gasteiger partial charge in [0.1, 0.15) is 0 Å². The van der Waals surface area contributed by atoms with E-state index in [9.17, 15) is 9.59 Å². The van der Waals surface area contributed by atoms with E-state index >= 15 is 0 Å². The second-order valence-corrected chi connectivity index (χ2v) is 4.20. The zero-order valence-corrected chi connectivity index (χ0v) is 9.90. The molecule has 0 spiro atoms. The minimum atomic E-state index is -0.551. The van der Waals surface area contributed by atoms with E-state index in [0.717, 1.165) is 6.42 Å². The normalized spacial score (nSPS) is 20.2. The highest BCUT2D eigenvalue weighted by atomic mass is 16.2. The number of hydrogen-bond acceptors (Lipinski definition) is 4. The van der Waals surface area contributed by atoms with Crippen molar-refractivity contribution in [3.8, 4) is 0 Å². The maximum Gasteiger partial charge on any atom is 0.311 e. The first-order valence-corrected chi connectivity index (χ1v) is 5.50. The number of nitrogens with one attached hydrogen (secondary N) is 1. The summed E-state index contributed by atoms with van der Waals surface area (Å²) in [6.45, 7) is 1.97. The van der Waals surface area contributed by atoms with Crippen LogP contribution >= 0.6 is 0 Å². The number of amides is 2. The molecule has 0 radical (unpaired) electrons. The van der Waals surface area contributed by atoms with Gasteiger partial charge in [0.15, 0.2) is 0 Å². The van der Waals surface area contributed by atoms with E-state index in [-0.39, 0.29) is 0 Å². The third-order valence-electron chi connectivity index (χ3n) is 2.81. The molecule has 6 nitrogen and oxygen atoms in total. The van der Waals surface area contributed by atoms with Crippen molar-refractivity contribution in [1.82, 2.24) is 15.1 Å². The molecule has 16 heavy (non-hydrogen) atoms. The Morgan fingerprint density at radius 3 is 2.69 bits per heavy atom. The molecule has 0 bridgehead atoms. The van der Waals surface area contributed by atoms with Gasteiger partial charge in [-0.3, -0.25) is 9.59 Å². The number of nitrogens with two attached hydrogens (primary N) is 1. The maximum atomic E-state index is 11.7. The molecule has 1 heterocycles. The van der Waals surface area contributed by atoms with Crippen molar-refractivity contribution < 1.29 is 9.59 Å². The first kappa shape index (κ1) is 12.9. The third kappa shape index (κ3) is 3.18. The van der Waals surface area contributed by atoms with E-state index in [4.69, 9.17) is 5.73 Å². The molecule has 0 aliphatic carbocycles. The van der Waals surface area contributed by atoms with Crippen molar-refractivity contribution in [2.24, 2.45) is 5.73 Å². The number of carbonyl (C=O) groups is 2. The molecule has 92 valence electrons. The predicted octanol–water partition coefficient (Wildman–Crippen LogP) is -1.78. The topological polar surface area (TPSA) is 78.7 Å². The van der Waals surface area contributed by atoms with Crippen molar-refractivity contribution in [1.29, 1.82) is 0 Å². The Bertz CT molecular complexity index is 268. The number of likely N-dealkylation sites (N-methyl/N-ethyl adjacent to an activating group) is 1. The fraction of sp³-hybridized carbons (Fsp3) is 0.800. The summed E-state index contributed by atoms with van der Waals surface area (Å²) in [5.41, 5.74) is 5.25. The Balaban J connectivity index is 2.41. The molecule has 3 N–H and O–H groups in total. The van der Waals surface area contributed by atoms with Gasteiger partial charge in [-0.05, 0) is 20.5 Å². The molecule has 2 amide bonds. The van der Waals surface area contributed by atoms with Crippen LogP contribution in [-0.4, -0.2) is 67.9 Å². The van der Waals surface area contributed by atoms with Gasteiger partial charge in [0, 0.05) is 32.2 Å². The standard InChI is InChI=1S/C10H20N4O2/c1-13(2)8-3-6-14(7-8)10(16)9(15)12-5-4-11/h8H,3-7,11H2,1-2H3,(H,12,15). The van der Waals surface area contributed by atoms with Crippen LogP contribution in [0.1, 0.15) is 6.42 Å². The zero-order valence-electron chi connectivity index (χ0n) is 9.90. The molecule has 6 heteroatoms. The van der Waals surface area contributed by atoms with Crippen LogP contribution in [0.4, 0.5) is 0 Å². The molecule has 1 fully saturated rings. The van der Waals surface area contributed by atoms with E-state index in [1.165, 1.54) is 0 Å². The van der Waals surface area contributed by atoms with Gasteiger partial charge in [-0.25, -0.2) is 0 Å². The van der Waals surface area contributed by atoms with Crippen molar-refractivity contribution in [2.75, 3.05) is 40.3 Å². The lowest BCUT2D eigenvalue weighted by Crippen LogP contribution is -2.44. The largest absolute Gasteiger partial charge is 0.347 e. The van der Waals surface area contributed by atoms with Gasteiger partial charge in [-0.2, -0.15) is 0 Å². The van der Waals surface area contributed by atoms with Crippen LogP contribution in [0.2, 0.25) is 0 Å². The van der Waals surface area contributed by atoms with E-state index in [1.54, 1.807) is 4.90 Å². The minimum absolute atomic E-state index is 0.343. The average molecular weight is 228 g/mol. The molecule has 0 saturated carbocycles. The first-order chi connectivity index (χ1) is 7.56. The van der Waals surface area contributed by atoms with Gasteiger partial charge in [0.05, 0.1) is 0 Å². The second-order valence-electron chi connectivity index (χ2n) is 4.20. The van der Waals surface area contributed by atoms with E-state index in [0.29, 0.717) is 32.2 Å². The lowest BCUT2D eigenvalue weighted by atomic mass is 10.2. The minimum Gasteiger partial charge on any atom is -0.347 e. The number of likely N-dealkylation sites (tertiary alicyclic amines) is 1. The highest BCUT2D eigenvalue weighted by Crippen LogP contribution is 2.12. The summed E-state index contributed by atoms with van der Waals surface area (Å²) in [5, 5.41) is 2.48. The predicted molar refractivity (Wildman–Crippen MR) is 60.7 cm³/mol. The summed E-state index contributed by atoms with van der Waals surface area (Å²) in [7, 11) is 3.96. The average Bonchev–Trinajstić information content (AvgIpc) is 2.74. The zero-order chi connectivity index (χ0) is 12.1. The second kappa shape index (κ2) is 5.81. The fourth-order valence-electron chi connectivity index (χ4n) is 1.75. The number of hydrogen-bond donors (Lipinski definition) is 2. The van der Waals surface area contributed by atoms with E-state index in [1.807, 2.05) is 14.1 Å². The van der Waals surface area contributed by atoms with Crippen molar-refractivity contribution in [3.05, 3.63) is 0 Å². The fourth-order valence-corrected chi connectivity index (χ4v) is 1.75. The summed E-state index contributed by atoms with van der Waals surface area (Å²) in [4.78, 5) is 26.7. The molecule has 1 unspecified atom stereocenters. The third-order valence-corrected chi connectivity index (χ3v) is 2.81. The van der Waals surface area contributed by atoms with Crippen LogP contribution in [0.5, 0.6) is 0 Å². The summed E-state index contributed by atoms with van der Waals surface area (Å²) < 4.78 is 0. The van der Waals surface area contributed by atoms with E-state index < -0.39 is 11.8 Å². The quantitative estimate of drug-likeness (QED) is 0.560. The van der Waals surface area contributed by atoms with Crippen molar-refractivity contribution >= 4 is 11.8 Å². The van der Waals surface area contributed by atoms with Gasteiger partial charge in [-0.15, -0.1) is 0 Å². The summed E-state index contributed by atoms with van der Waals surface area (Å²) >= 11 is 0. The molecular weight excluding hydrogens is 208 g/mol. The van der Waals surface area contributed by atoms with Crippen molar-refractivity contribution in [2.45, 2.75) is 12.5 Å². The van der Waals surface area contributed by atoms with Gasteiger partial charge in [-0.1, -0.05) is 0 Å². The van der Waals surface area contributed by atoms with Gasteiger partial charge < -0.3 is 20.9 Å². The molecule has 1 aliphatic rings. The lowest BCUT2D eigenvalue weighted by molar-refractivity contribution is -0.145. The molecule has 1 aliphatic heterocycles. The maximum absolute atomic E-state index is 11.7. The van der Waals surface area contributed by atoms with Crippen LogP contribution in [0.25, 0.3) is 0 Å². The van der Waals surface area contributed by atoms with Crippen LogP contribution in [0.3, 0.4) is 0 Å². The first-order valence-electron chi connectivity index (χ1n) is 5.50. The van der Waals surface area contributed by atoms with Crippen LogP contribution in [0, 0.1) is 0 Å². The van der Waals surface area contributed by atoms with Gasteiger partial charge >= 0.3 is 11.8 Å². The lowest BCUT2D eigenvalue weighted by Gasteiger charge is -2.19. The smallest absolute Gasteiger partial charge is 0.311 e. The molecular formula is C10H20N4O2. The molecule has 0 aromatic carbocycles. The highest BCUT2D eigenvalue weighted by molar-refractivity contribution is 6.35. The van der Waals surface area contributed by atoms with Crippen LogP contribution in [-0.2, 0) is 9.59 Å². The molecule has 0 aromatic heterocycles. The monoisotopic (exact) mass is 228 g/mol. The Hall–Kier alpha value is -1.14. The SMILES string of the molecule is CN(C)C1CCN(C(=O)C(=O)NCCN)C1. The number of nitrogens with zero attached hydrogens (tertiary/aromatic N) is 2. The van der Waals surface area contributed by atoms with E-state index in [2.05, 4.69) is 10.2 Å². The highest BCUT2D eigenvalue weighted by Gasteiger charge is 2.30. The number of carbonyl (C=O) groups excluding carboxylic acids is 2. The molecule has 0 aromatic rings. The molecule has 1 atom stereocenters. The van der Waals surface area contributed by atoms with Gasteiger partial charge in [0.25, 0.3) is 0 Å². The van der Waals surface area contributed by atoms with Crippen molar-refractivity contribution in [3.63, 3.8) is 0 Å². The van der Waals surface area contributed by atoms with Crippen LogP contribution < -0.4 is 11.1 Å². The molecule has 1 rings (SSSR count). The Kier molecular flexibility index (Phi) is 4.70. The molecule has 1 saturated heterocycles. The number of rotatable bonds is 3. The van der Waals surface area contributed by atoms with Gasteiger partial charge in [0.2, 0.25) is 0 Å². The summed E-state index contributed by atoms with van der Waals surface area (Å²) in [6.07, 6.45) is 0.920. The van der Waals surface area contributed by atoms with Crippen LogP contribution in [0.15, 0.2) is 0 Å². The summed E-state index contributed by atoms with van der Waals surface area (Å²) in [6, 6.07) is 0.353. The Labute approximate surface area is 95.8 Å². The summed E-state index contributed by atoms with van der Waals surface area (Å²) in [5.74, 6) is -0.998.